The maximum absolute atomic E-state index is 11.4. The van der Waals surface area contributed by atoms with E-state index >= 15 is 0 Å². The van der Waals surface area contributed by atoms with Crippen LogP contribution >= 0.6 is 0 Å². The highest BCUT2D eigenvalue weighted by molar-refractivity contribution is 5.71. The Labute approximate surface area is 90.9 Å². The molecule has 0 aromatic carbocycles. The maximum atomic E-state index is 11.4. The van der Waals surface area contributed by atoms with Gasteiger partial charge in [0.15, 0.2) is 0 Å². The standard InChI is InChI=1S/C11H20O4/c1-6-11(5,14-9(4)12)15-10(13)7-8(2)3/h8H,6-7H2,1-5H3. The molecule has 1 atom stereocenters. The van der Waals surface area contributed by atoms with E-state index in [1.807, 2.05) is 13.8 Å². The molecule has 0 N–H and O–H groups in total. The highest BCUT2D eigenvalue weighted by Gasteiger charge is 2.30. The number of carbonyl (C=O) groups is 2. The molecule has 0 heterocycles. The van der Waals surface area contributed by atoms with Gasteiger partial charge in [-0.05, 0) is 5.92 Å². The molecule has 0 saturated carbocycles. The van der Waals surface area contributed by atoms with Gasteiger partial charge in [-0.15, -0.1) is 0 Å². The van der Waals surface area contributed by atoms with Crippen LogP contribution in [0.25, 0.3) is 0 Å². The average molecular weight is 216 g/mol. The topological polar surface area (TPSA) is 52.6 Å². The molecule has 0 aliphatic heterocycles. The van der Waals surface area contributed by atoms with Crippen LogP contribution in [0.5, 0.6) is 0 Å². The molecule has 0 saturated heterocycles. The van der Waals surface area contributed by atoms with E-state index in [1.54, 1.807) is 13.8 Å². The van der Waals surface area contributed by atoms with Crippen LogP contribution in [0, 0.1) is 5.92 Å². The SMILES string of the molecule is CCC(C)(OC(C)=O)OC(=O)CC(C)C. The third-order valence-electron chi connectivity index (χ3n) is 1.91. The molecule has 4 heteroatoms. The van der Waals surface area contributed by atoms with Gasteiger partial charge in [0.1, 0.15) is 0 Å². The van der Waals surface area contributed by atoms with Gasteiger partial charge < -0.3 is 9.47 Å². The highest BCUT2D eigenvalue weighted by Crippen LogP contribution is 2.19. The molecule has 15 heavy (non-hydrogen) atoms. The summed E-state index contributed by atoms with van der Waals surface area (Å²) in [5.74, 6) is -1.68. The second-order valence-electron chi connectivity index (χ2n) is 4.15. The smallest absolute Gasteiger partial charge is 0.309 e. The van der Waals surface area contributed by atoms with Crippen molar-refractivity contribution in [2.45, 2.75) is 53.2 Å². The molecule has 0 aromatic heterocycles. The van der Waals surface area contributed by atoms with Crippen molar-refractivity contribution >= 4 is 11.9 Å². The summed E-state index contributed by atoms with van der Waals surface area (Å²) >= 11 is 0. The Balaban J connectivity index is 4.30. The van der Waals surface area contributed by atoms with Gasteiger partial charge in [-0.25, -0.2) is 0 Å². The summed E-state index contributed by atoms with van der Waals surface area (Å²) in [6, 6.07) is 0. The van der Waals surface area contributed by atoms with Gasteiger partial charge in [0.25, 0.3) is 5.79 Å². The van der Waals surface area contributed by atoms with E-state index in [9.17, 15) is 9.59 Å². The summed E-state index contributed by atoms with van der Waals surface area (Å²) in [7, 11) is 0. The Morgan fingerprint density at radius 2 is 1.80 bits per heavy atom. The van der Waals surface area contributed by atoms with Crippen molar-refractivity contribution in [2.75, 3.05) is 0 Å². The molecule has 88 valence electrons. The quantitative estimate of drug-likeness (QED) is 0.522. The van der Waals surface area contributed by atoms with Gasteiger partial charge in [0.05, 0.1) is 0 Å². The Morgan fingerprint density at radius 1 is 1.27 bits per heavy atom. The van der Waals surface area contributed by atoms with Crippen LogP contribution in [0.3, 0.4) is 0 Å². The second-order valence-corrected chi connectivity index (χ2v) is 4.15. The summed E-state index contributed by atoms with van der Waals surface area (Å²) in [6.07, 6.45) is 0.771. The minimum Gasteiger partial charge on any atom is -0.423 e. The average Bonchev–Trinajstić information content (AvgIpc) is 2.00. The van der Waals surface area contributed by atoms with E-state index in [2.05, 4.69) is 0 Å². The minimum absolute atomic E-state index is 0.232. The van der Waals surface area contributed by atoms with E-state index in [0.29, 0.717) is 12.8 Å². The summed E-state index contributed by atoms with van der Waals surface area (Å²) < 4.78 is 10.1. The first-order valence-corrected chi connectivity index (χ1v) is 5.20. The van der Waals surface area contributed by atoms with Crippen LogP contribution in [0.1, 0.15) is 47.5 Å². The molecular formula is C11H20O4. The van der Waals surface area contributed by atoms with Crippen LogP contribution < -0.4 is 0 Å². The Hall–Kier alpha value is -1.06. The zero-order chi connectivity index (χ0) is 12.1. The lowest BCUT2D eigenvalue weighted by Crippen LogP contribution is -2.36. The summed E-state index contributed by atoms with van der Waals surface area (Å²) in [6.45, 7) is 8.54. The molecule has 0 aromatic rings. The molecule has 0 aliphatic rings. The van der Waals surface area contributed by atoms with Crippen molar-refractivity contribution in [3.63, 3.8) is 0 Å². The van der Waals surface area contributed by atoms with Crippen molar-refractivity contribution in [1.29, 1.82) is 0 Å². The van der Waals surface area contributed by atoms with Crippen molar-refractivity contribution in [2.24, 2.45) is 5.92 Å². The van der Waals surface area contributed by atoms with E-state index in [1.165, 1.54) is 6.92 Å². The summed E-state index contributed by atoms with van der Waals surface area (Å²) in [5.41, 5.74) is 0. The second kappa shape index (κ2) is 5.73. The number of hydrogen-bond donors (Lipinski definition) is 0. The molecule has 4 nitrogen and oxygen atoms in total. The number of hydrogen-bond acceptors (Lipinski definition) is 4. The first-order chi connectivity index (χ1) is 6.79. The van der Waals surface area contributed by atoms with Crippen LogP contribution in [0.15, 0.2) is 0 Å². The number of rotatable bonds is 5. The van der Waals surface area contributed by atoms with E-state index in [0.717, 1.165) is 0 Å². The molecule has 0 amide bonds. The Bertz CT molecular complexity index is 235. The molecule has 0 spiro atoms. The number of ether oxygens (including phenoxy) is 2. The molecule has 1 unspecified atom stereocenters. The third kappa shape index (κ3) is 6.10. The molecular weight excluding hydrogens is 196 g/mol. The van der Waals surface area contributed by atoms with Gasteiger partial charge in [-0.3, -0.25) is 9.59 Å². The van der Waals surface area contributed by atoms with Gasteiger partial charge in [-0.1, -0.05) is 20.8 Å². The van der Waals surface area contributed by atoms with Gasteiger partial charge in [-0.2, -0.15) is 0 Å². The van der Waals surface area contributed by atoms with Crippen LogP contribution in [-0.2, 0) is 19.1 Å². The fraction of sp³-hybridized carbons (Fsp3) is 0.818. The van der Waals surface area contributed by atoms with E-state index < -0.39 is 11.8 Å². The molecule has 0 rings (SSSR count). The molecule has 0 aliphatic carbocycles. The van der Waals surface area contributed by atoms with E-state index in [4.69, 9.17) is 9.47 Å². The maximum Gasteiger partial charge on any atom is 0.309 e. The molecule has 0 fully saturated rings. The predicted octanol–water partition coefficient (Wildman–Crippen LogP) is 2.27. The highest BCUT2D eigenvalue weighted by atomic mass is 16.7. The largest absolute Gasteiger partial charge is 0.423 e. The predicted molar refractivity (Wildman–Crippen MR) is 56.0 cm³/mol. The van der Waals surface area contributed by atoms with Crippen molar-refractivity contribution in [3.8, 4) is 0 Å². The monoisotopic (exact) mass is 216 g/mol. The first kappa shape index (κ1) is 13.9. The number of esters is 2. The van der Waals surface area contributed by atoms with Crippen LogP contribution in [0.4, 0.5) is 0 Å². The lowest BCUT2D eigenvalue weighted by Gasteiger charge is -2.27. The molecule has 0 bridgehead atoms. The Kier molecular flexibility index (Phi) is 5.33. The lowest BCUT2D eigenvalue weighted by atomic mass is 10.1. The van der Waals surface area contributed by atoms with E-state index in [-0.39, 0.29) is 11.9 Å². The van der Waals surface area contributed by atoms with Gasteiger partial charge >= 0.3 is 11.9 Å². The zero-order valence-electron chi connectivity index (χ0n) is 10.1. The van der Waals surface area contributed by atoms with Crippen LogP contribution in [0.2, 0.25) is 0 Å². The third-order valence-corrected chi connectivity index (χ3v) is 1.91. The number of carbonyl (C=O) groups excluding carboxylic acids is 2. The van der Waals surface area contributed by atoms with Crippen molar-refractivity contribution in [1.82, 2.24) is 0 Å². The first-order valence-electron chi connectivity index (χ1n) is 5.20. The van der Waals surface area contributed by atoms with Crippen molar-refractivity contribution in [3.05, 3.63) is 0 Å². The van der Waals surface area contributed by atoms with Crippen LogP contribution in [-0.4, -0.2) is 17.7 Å². The fourth-order valence-electron chi connectivity index (χ4n) is 1.09. The fourth-order valence-corrected chi connectivity index (χ4v) is 1.09. The summed E-state index contributed by atoms with van der Waals surface area (Å²) in [4.78, 5) is 22.2. The lowest BCUT2D eigenvalue weighted by molar-refractivity contribution is -0.222. The molecule has 0 radical (unpaired) electrons. The normalized spacial score (nSPS) is 14.5. The minimum atomic E-state index is -1.13. The zero-order valence-corrected chi connectivity index (χ0v) is 10.1. The van der Waals surface area contributed by atoms with Crippen molar-refractivity contribution < 1.29 is 19.1 Å². The summed E-state index contributed by atoms with van der Waals surface area (Å²) in [5, 5.41) is 0. The van der Waals surface area contributed by atoms with Gasteiger partial charge in [0.2, 0.25) is 0 Å². The Morgan fingerprint density at radius 3 is 2.13 bits per heavy atom. The van der Waals surface area contributed by atoms with Gasteiger partial charge in [0, 0.05) is 26.7 Å².